The van der Waals surface area contributed by atoms with E-state index in [-0.39, 0.29) is 11.8 Å². The molecule has 0 bridgehead atoms. The summed E-state index contributed by atoms with van der Waals surface area (Å²) >= 11 is 0. The second-order valence-corrected chi connectivity index (χ2v) is 3.84. The summed E-state index contributed by atoms with van der Waals surface area (Å²) in [5.74, 6) is -0.585. The summed E-state index contributed by atoms with van der Waals surface area (Å²) in [6.07, 6.45) is 3.76. The van der Waals surface area contributed by atoms with Crippen LogP contribution in [0.5, 0.6) is 0 Å². The van der Waals surface area contributed by atoms with E-state index in [1.165, 1.54) is 6.08 Å². The van der Waals surface area contributed by atoms with Gasteiger partial charge in [-0.15, -0.1) is 0 Å². The maximum Gasteiger partial charge on any atom is 0.250 e. The van der Waals surface area contributed by atoms with Gasteiger partial charge in [0.05, 0.1) is 5.41 Å². The first-order valence-corrected chi connectivity index (χ1v) is 5.29. The average molecular weight is 215 g/mol. The van der Waals surface area contributed by atoms with Gasteiger partial charge in [-0.1, -0.05) is 43.3 Å². The van der Waals surface area contributed by atoms with Crippen LogP contribution in [0.3, 0.4) is 0 Å². The molecule has 1 aliphatic heterocycles. The fraction of sp³-hybridized carbons (Fsp3) is 0.231. The number of amides is 2. The van der Waals surface area contributed by atoms with Crippen molar-refractivity contribution in [2.45, 2.75) is 18.8 Å². The van der Waals surface area contributed by atoms with Crippen molar-refractivity contribution in [1.29, 1.82) is 0 Å². The largest absolute Gasteiger partial charge is 0.292 e. The molecule has 0 saturated carbocycles. The van der Waals surface area contributed by atoms with Crippen LogP contribution < -0.4 is 5.32 Å². The molecule has 0 fully saturated rings. The smallest absolute Gasteiger partial charge is 0.250 e. The van der Waals surface area contributed by atoms with Crippen LogP contribution in [0.15, 0.2) is 42.5 Å². The van der Waals surface area contributed by atoms with Crippen LogP contribution in [0.25, 0.3) is 0 Å². The van der Waals surface area contributed by atoms with Gasteiger partial charge in [0.15, 0.2) is 0 Å². The number of benzene rings is 1. The highest BCUT2D eigenvalue weighted by atomic mass is 16.2. The number of nitrogens with one attached hydrogen (secondary N) is 1. The molecule has 1 N–H and O–H groups in total. The molecule has 0 radical (unpaired) electrons. The van der Waals surface area contributed by atoms with Gasteiger partial charge in [-0.3, -0.25) is 14.9 Å². The lowest BCUT2D eigenvalue weighted by Crippen LogP contribution is -2.48. The molecular weight excluding hydrogens is 202 g/mol. The van der Waals surface area contributed by atoms with E-state index in [2.05, 4.69) is 5.32 Å². The molecule has 1 atom stereocenters. The predicted octanol–water partition coefficient (Wildman–Crippen LogP) is 1.55. The van der Waals surface area contributed by atoms with Crippen molar-refractivity contribution < 1.29 is 9.59 Å². The van der Waals surface area contributed by atoms with Crippen molar-refractivity contribution in [3.8, 4) is 0 Å². The summed E-state index contributed by atoms with van der Waals surface area (Å²) < 4.78 is 0. The molecule has 2 amide bonds. The van der Waals surface area contributed by atoms with Crippen molar-refractivity contribution in [3.63, 3.8) is 0 Å². The van der Waals surface area contributed by atoms with Crippen molar-refractivity contribution in [1.82, 2.24) is 5.32 Å². The third-order valence-electron chi connectivity index (χ3n) is 3.01. The van der Waals surface area contributed by atoms with Gasteiger partial charge in [-0.25, -0.2) is 0 Å². The van der Waals surface area contributed by atoms with Crippen LogP contribution in [-0.4, -0.2) is 11.8 Å². The zero-order valence-corrected chi connectivity index (χ0v) is 9.07. The van der Waals surface area contributed by atoms with E-state index in [9.17, 15) is 9.59 Å². The van der Waals surface area contributed by atoms with Gasteiger partial charge in [0.2, 0.25) is 11.8 Å². The van der Waals surface area contributed by atoms with E-state index in [1.807, 2.05) is 37.3 Å². The second kappa shape index (κ2) is 3.93. The molecule has 1 aliphatic rings. The van der Waals surface area contributed by atoms with Crippen molar-refractivity contribution in [3.05, 3.63) is 48.0 Å². The molecule has 0 unspecified atom stereocenters. The maximum absolute atomic E-state index is 12.0. The minimum atomic E-state index is -0.699. The lowest BCUT2D eigenvalue weighted by Gasteiger charge is -2.30. The van der Waals surface area contributed by atoms with Crippen LogP contribution in [0, 0.1) is 0 Å². The van der Waals surface area contributed by atoms with E-state index < -0.39 is 5.41 Å². The Morgan fingerprint density at radius 3 is 2.44 bits per heavy atom. The molecule has 0 spiro atoms. The number of hydrogen-bond donors (Lipinski definition) is 1. The fourth-order valence-electron chi connectivity index (χ4n) is 2.00. The summed E-state index contributed by atoms with van der Waals surface area (Å²) in [7, 11) is 0. The predicted molar refractivity (Wildman–Crippen MR) is 60.7 cm³/mol. The third-order valence-corrected chi connectivity index (χ3v) is 3.01. The molecule has 3 heteroatoms. The molecule has 1 aromatic carbocycles. The highest BCUT2D eigenvalue weighted by molar-refractivity contribution is 6.09. The van der Waals surface area contributed by atoms with Crippen LogP contribution in [0.2, 0.25) is 0 Å². The van der Waals surface area contributed by atoms with Gasteiger partial charge in [0, 0.05) is 6.08 Å². The molecule has 82 valence electrons. The maximum atomic E-state index is 12.0. The molecule has 0 aromatic heterocycles. The van der Waals surface area contributed by atoms with Crippen LogP contribution in [-0.2, 0) is 15.0 Å². The van der Waals surface area contributed by atoms with E-state index in [1.54, 1.807) is 6.08 Å². The lowest BCUT2D eigenvalue weighted by atomic mass is 9.75. The summed E-state index contributed by atoms with van der Waals surface area (Å²) in [5.41, 5.74) is 0.216. The Morgan fingerprint density at radius 1 is 1.19 bits per heavy atom. The topological polar surface area (TPSA) is 46.2 Å². The molecule has 3 nitrogen and oxygen atoms in total. The Hall–Kier alpha value is -1.90. The molecule has 16 heavy (non-hydrogen) atoms. The van der Waals surface area contributed by atoms with E-state index >= 15 is 0 Å². The monoisotopic (exact) mass is 215 g/mol. The Labute approximate surface area is 94.2 Å². The van der Waals surface area contributed by atoms with Crippen molar-refractivity contribution in [2.75, 3.05) is 0 Å². The lowest BCUT2D eigenvalue weighted by molar-refractivity contribution is -0.132. The van der Waals surface area contributed by atoms with Gasteiger partial charge >= 0.3 is 0 Å². The third kappa shape index (κ3) is 1.54. The first kappa shape index (κ1) is 10.6. The van der Waals surface area contributed by atoms with Crippen LogP contribution in [0.1, 0.15) is 18.9 Å². The van der Waals surface area contributed by atoms with Gasteiger partial charge in [-0.05, 0) is 12.0 Å². The number of hydrogen-bond acceptors (Lipinski definition) is 2. The Morgan fingerprint density at radius 2 is 1.88 bits per heavy atom. The van der Waals surface area contributed by atoms with E-state index in [4.69, 9.17) is 0 Å². The zero-order valence-electron chi connectivity index (χ0n) is 9.07. The minimum Gasteiger partial charge on any atom is -0.292 e. The summed E-state index contributed by atoms with van der Waals surface area (Å²) in [4.78, 5) is 23.1. The summed E-state index contributed by atoms with van der Waals surface area (Å²) in [5, 5.41) is 2.35. The minimum absolute atomic E-state index is 0.242. The van der Waals surface area contributed by atoms with Gasteiger partial charge in [0.1, 0.15) is 0 Å². The molecular formula is C13H13NO2. The standard InChI is InChI=1S/C13H13NO2/c1-2-13(10-6-4-3-5-7-10)9-8-11(15)14-12(13)16/h3-9H,2H2,1H3,(H,14,15,16)/t13-/m1/s1. The summed E-state index contributed by atoms with van der Waals surface area (Å²) in [6, 6.07) is 9.50. The number of imide groups is 1. The number of carbonyl (C=O) groups excluding carboxylic acids is 2. The Bertz CT molecular complexity index is 450. The normalized spacial score (nSPS) is 24.3. The van der Waals surface area contributed by atoms with Crippen molar-refractivity contribution >= 4 is 11.8 Å². The van der Waals surface area contributed by atoms with Crippen LogP contribution >= 0.6 is 0 Å². The Balaban J connectivity index is 2.52. The Kier molecular flexibility index (Phi) is 2.60. The average Bonchev–Trinajstić information content (AvgIpc) is 2.31. The van der Waals surface area contributed by atoms with Crippen molar-refractivity contribution in [2.24, 2.45) is 0 Å². The molecule has 2 rings (SSSR count). The molecule has 1 heterocycles. The highest BCUT2D eigenvalue weighted by Gasteiger charge is 2.39. The molecule has 0 aliphatic carbocycles. The number of carbonyl (C=O) groups is 2. The van der Waals surface area contributed by atoms with Gasteiger partial charge in [-0.2, -0.15) is 0 Å². The fourth-order valence-corrected chi connectivity index (χ4v) is 2.00. The first-order chi connectivity index (χ1) is 7.69. The first-order valence-electron chi connectivity index (χ1n) is 5.29. The summed E-state index contributed by atoms with van der Waals surface area (Å²) in [6.45, 7) is 1.94. The van der Waals surface area contributed by atoms with E-state index in [0.717, 1.165) is 5.56 Å². The SMILES string of the molecule is CC[C@]1(c2ccccc2)C=CC(=O)NC1=O. The van der Waals surface area contributed by atoms with Gasteiger partial charge in [0.25, 0.3) is 0 Å². The van der Waals surface area contributed by atoms with Gasteiger partial charge < -0.3 is 0 Å². The van der Waals surface area contributed by atoms with Crippen LogP contribution in [0.4, 0.5) is 0 Å². The molecule has 1 aromatic rings. The number of rotatable bonds is 2. The van der Waals surface area contributed by atoms with E-state index in [0.29, 0.717) is 6.42 Å². The quantitative estimate of drug-likeness (QED) is 0.761. The highest BCUT2D eigenvalue weighted by Crippen LogP contribution is 2.31. The second-order valence-electron chi connectivity index (χ2n) is 3.84. The zero-order chi connectivity index (χ0) is 11.6. The molecule has 0 saturated heterocycles.